The Bertz CT molecular complexity index is 387. The van der Waals surface area contributed by atoms with Crippen LogP contribution < -0.4 is 5.73 Å². The second-order valence-electron chi connectivity index (χ2n) is 5.27. The van der Waals surface area contributed by atoms with Crippen LogP contribution in [0.15, 0.2) is 30.3 Å². The first kappa shape index (κ1) is 13.1. The van der Waals surface area contributed by atoms with Crippen LogP contribution in [-0.4, -0.2) is 24.4 Å². The van der Waals surface area contributed by atoms with Crippen LogP contribution >= 0.6 is 0 Å². The second kappa shape index (κ2) is 6.01. The van der Waals surface area contributed by atoms with Crippen molar-refractivity contribution in [3.63, 3.8) is 0 Å². The summed E-state index contributed by atoms with van der Waals surface area (Å²) in [5.74, 6) is 1.01. The smallest absolute Gasteiger partial charge is 0.224 e. The van der Waals surface area contributed by atoms with E-state index in [1.165, 1.54) is 12.8 Å². The summed E-state index contributed by atoms with van der Waals surface area (Å²) in [4.78, 5) is 13.8. The van der Waals surface area contributed by atoms with Crippen LogP contribution in [-0.2, 0) is 4.79 Å². The van der Waals surface area contributed by atoms with Gasteiger partial charge in [0.15, 0.2) is 0 Å². The Morgan fingerprint density at radius 1 is 1.39 bits per heavy atom. The third kappa shape index (κ3) is 3.84. The molecule has 1 unspecified atom stereocenters. The zero-order valence-corrected chi connectivity index (χ0v) is 11.0. The van der Waals surface area contributed by atoms with Gasteiger partial charge in [0.25, 0.3) is 0 Å². The molecule has 0 aliphatic heterocycles. The number of hydrogen-bond acceptors (Lipinski definition) is 2. The number of rotatable bonds is 6. The lowest BCUT2D eigenvalue weighted by Crippen LogP contribution is -2.30. The first-order valence-corrected chi connectivity index (χ1v) is 6.71. The van der Waals surface area contributed by atoms with Crippen molar-refractivity contribution in [3.05, 3.63) is 35.9 Å². The fourth-order valence-corrected chi connectivity index (χ4v) is 2.07. The zero-order chi connectivity index (χ0) is 13.0. The van der Waals surface area contributed by atoms with Crippen molar-refractivity contribution < 1.29 is 4.79 Å². The molecule has 0 heterocycles. The number of carbonyl (C=O) groups is 1. The Morgan fingerprint density at radius 3 is 2.67 bits per heavy atom. The molecule has 0 saturated heterocycles. The molecular formula is C15H22N2O. The Labute approximate surface area is 109 Å². The van der Waals surface area contributed by atoms with Crippen LogP contribution in [0.25, 0.3) is 0 Å². The molecule has 3 nitrogen and oxygen atoms in total. The van der Waals surface area contributed by atoms with Gasteiger partial charge in [-0.2, -0.15) is 0 Å². The highest BCUT2D eigenvalue weighted by molar-refractivity contribution is 5.76. The fraction of sp³-hybridized carbons (Fsp3) is 0.533. The molecule has 98 valence electrons. The predicted molar refractivity (Wildman–Crippen MR) is 73.0 cm³/mol. The fourth-order valence-electron chi connectivity index (χ4n) is 2.07. The van der Waals surface area contributed by atoms with Crippen molar-refractivity contribution >= 4 is 5.91 Å². The van der Waals surface area contributed by atoms with Gasteiger partial charge < -0.3 is 10.6 Å². The quantitative estimate of drug-likeness (QED) is 0.837. The third-order valence-electron chi connectivity index (χ3n) is 3.62. The van der Waals surface area contributed by atoms with Crippen LogP contribution in [0.2, 0.25) is 0 Å². The van der Waals surface area contributed by atoms with Gasteiger partial charge in [-0.15, -0.1) is 0 Å². The van der Waals surface area contributed by atoms with E-state index in [1.807, 2.05) is 42.3 Å². The lowest BCUT2D eigenvalue weighted by atomic mass is 10.0. The van der Waals surface area contributed by atoms with Gasteiger partial charge in [-0.1, -0.05) is 43.2 Å². The standard InChI is InChI=1S/C15H22N2O/c1-17(10-9-12-7-8-12)15(18)11-14(16)13-5-3-2-4-6-13/h2-6,12,14H,7-11,16H2,1H3. The van der Waals surface area contributed by atoms with Crippen LogP contribution in [0.4, 0.5) is 0 Å². The predicted octanol–water partition coefficient (Wildman–Crippen LogP) is 2.34. The SMILES string of the molecule is CN(CCC1CC1)C(=O)CC(N)c1ccccc1. The molecule has 3 heteroatoms. The molecule has 1 aromatic carbocycles. The average molecular weight is 246 g/mol. The normalized spacial score (nSPS) is 16.3. The topological polar surface area (TPSA) is 46.3 Å². The zero-order valence-electron chi connectivity index (χ0n) is 11.0. The van der Waals surface area contributed by atoms with Crippen molar-refractivity contribution in [3.8, 4) is 0 Å². The monoisotopic (exact) mass is 246 g/mol. The Hall–Kier alpha value is -1.35. The molecule has 1 amide bonds. The van der Waals surface area contributed by atoms with Gasteiger partial charge in [-0.25, -0.2) is 0 Å². The van der Waals surface area contributed by atoms with Gasteiger partial charge in [0.1, 0.15) is 0 Å². The van der Waals surface area contributed by atoms with Crippen molar-refractivity contribution in [1.29, 1.82) is 0 Å². The number of nitrogens with zero attached hydrogens (tertiary/aromatic N) is 1. The summed E-state index contributed by atoms with van der Waals surface area (Å²) in [6, 6.07) is 9.62. The summed E-state index contributed by atoms with van der Waals surface area (Å²) < 4.78 is 0. The summed E-state index contributed by atoms with van der Waals surface area (Å²) in [6.07, 6.45) is 4.21. The van der Waals surface area contributed by atoms with Gasteiger partial charge in [0.05, 0.1) is 0 Å². The maximum atomic E-state index is 12.0. The Morgan fingerprint density at radius 2 is 2.06 bits per heavy atom. The van der Waals surface area contributed by atoms with Crippen LogP contribution in [0, 0.1) is 5.92 Å². The molecule has 1 atom stereocenters. The number of benzene rings is 1. The largest absolute Gasteiger partial charge is 0.346 e. The first-order chi connectivity index (χ1) is 8.66. The summed E-state index contributed by atoms with van der Waals surface area (Å²) in [5, 5.41) is 0. The maximum absolute atomic E-state index is 12.0. The molecule has 1 aliphatic carbocycles. The lowest BCUT2D eigenvalue weighted by molar-refractivity contribution is -0.130. The number of carbonyl (C=O) groups excluding carboxylic acids is 1. The highest BCUT2D eigenvalue weighted by Crippen LogP contribution is 2.32. The van der Waals surface area contributed by atoms with Gasteiger partial charge >= 0.3 is 0 Å². The van der Waals surface area contributed by atoms with Gasteiger partial charge in [0.2, 0.25) is 5.91 Å². The van der Waals surface area contributed by atoms with E-state index < -0.39 is 0 Å². The molecule has 1 aromatic rings. The minimum absolute atomic E-state index is 0.145. The van der Waals surface area contributed by atoms with Crippen LogP contribution in [0.3, 0.4) is 0 Å². The van der Waals surface area contributed by atoms with Crippen molar-refractivity contribution in [2.45, 2.75) is 31.7 Å². The minimum Gasteiger partial charge on any atom is -0.346 e. The second-order valence-corrected chi connectivity index (χ2v) is 5.27. The number of amides is 1. The van der Waals surface area contributed by atoms with E-state index in [9.17, 15) is 4.79 Å². The van der Waals surface area contributed by atoms with E-state index in [0.29, 0.717) is 6.42 Å². The molecule has 1 saturated carbocycles. The van der Waals surface area contributed by atoms with E-state index >= 15 is 0 Å². The van der Waals surface area contributed by atoms with Gasteiger partial charge in [0, 0.05) is 26.1 Å². The Kier molecular flexibility index (Phi) is 4.37. The molecule has 1 aliphatic rings. The highest BCUT2D eigenvalue weighted by Gasteiger charge is 2.22. The Balaban J connectivity index is 1.78. The van der Waals surface area contributed by atoms with E-state index in [1.54, 1.807) is 0 Å². The van der Waals surface area contributed by atoms with E-state index in [2.05, 4.69) is 0 Å². The molecule has 2 N–H and O–H groups in total. The molecule has 0 aromatic heterocycles. The van der Waals surface area contributed by atoms with Crippen LogP contribution in [0.5, 0.6) is 0 Å². The van der Waals surface area contributed by atoms with E-state index in [0.717, 1.165) is 24.4 Å². The molecule has 2 rings (SSSR count). The summed E-state index contributed by atoms with van der Waals surface area (Å²) >= 11 is 0. The molecule has 1 fully saturated rings. The van der Waals surface area contributed by atoms with Crippen molar-refractivity contribution in [2.75, 3.05) is 13.6 Å². The van der Waals surface area contributed by atoms with E-state index in [-0.39, 0.29) is 11.9 Å². The van der Waals surface area contributed by atoms with Crippen molar-refractivity contribution in [1.82, 2.24) is 4.90 Å². The summed E-state index contributed by atoms with van der Waals surface area (Å²) in [6.45, 7) is 0.866. The molecule has 0 bridgehead atoms. The number of hydrogen-bond donors (Lipinski definition) is 1. The summed E-state index contributed by atoms with van der Waals surface area (Å²) in [7, 11) is 1.88. The molecular weight excluding hydrogens is 224 g/mol. The molecule has 18 heavy (non-hydrogen) atoms. The highest BCUT2D eigenvalue weighted by atomic mass is 16.2. The number of nitrogens with two attached hydrogens (primary N) is 1. The third-order valence-corrected chi connectivity index (χ3v) is 3.62. The van der Waals surface area contributed by atoms with Crippen molar-refractivity contribution in [2.24, 2.45) is 11.7 Å². The van der Waals surface area contributed by atoms with E-state index in [4.69, 9.17) is 5.73 Å². The molecule has 0 spiro atoms. The lowest BCUT2D eigenvalue weighted by Gasteiger charge is -2.19. The maximum Gasteiger partial charge on any atom is 0.224 e. The summed E-state index contributed by atoms with van der Waals surface area (Å²) in [5.41, 5.74) is 7.08. The van der Waals surface area contributed by atoms with Gasteiger partial charge in [-0.05, 0) is 17.9 Å². The first-order valence-electron chi connectivity index (χ1n) is 6.71. The van der Waals surface area contributed by atoms with Gasteiger partial charge in [-0.3, -0.25) is 4.79 Å². The minimum atomic E-state index is -0.193. The molecule has 0 radical (unpaired) electrons. The average Bonchev–Trinajstić information content (AvgIpc) is 3.21. The van der Waals surface area contributed by atoms with Crippen LogP contribution in [0.1, 0.15) is 37.3 Å².